The number of carbonyl (C=O) groups is 9. The summed E-state index contributed by atoms with van der Waals surface area (Å²) in [5.74, 6) is -7.39. The lowest BCUT2D eigenvalue weighted by Gasteiger charge is -2.17. The number of ether oxygens (including phenoxy) is 4. The number of rotatable bonds is 38. The van der Waals surface area contributed by atoms with Crippen molar-refractivity contribution in [3.05, 3.63) is 0 Å². The Morgan fingerprint density at radius 3 is 1.34 bits per heavy atom. The molecule has 61 heavy (non-hydrogen) atoms. The average molecular weight is 899 g/mol. The Hall–Kier alpha value is -4.98. The van der Waals surface area contributed by atoms with E-state index in [0.717, 1.165) is 6.26 Å². The molecule has 0 spiro atoms. The van der Waals surface area contributed by atoms with Gasteiger partial charge in [-0.2, -0.15) is 0 Å². The van der Waals surface area contributed by atoms with Gasteiger partial charge in [-0.25, -0.2) is 22.8 Å². The number of amides is 6. The van der Waals surface area contributed by atoms with E-state index in [-0.39, 0.29) is 109 Å². The zero-order chi connectivity index (χ0) is 46.1. The maximum atomic E-state index is 12.4. The van der Waals surface area contributed by atoms with Crippen molar-refractivity contribution in [3.63, 3.8) is 0 Å². The van der Waals surface area contributed by atoms with E-state index in [4.69, 9.17) is 18.9 Å². The third kappa shape index (κ3) is 33.4. The van der Waals surface area contributed by atoms with Gasteiger partial charge in [-0.1, -0.05) is 6.92 Å². The number of aliphatic carboxylic acids is 3. The fourth-order valence-electron chi connectivity index (χ4n) is 4.85. The molecule has 0 aromatic rings. The van der Waals surface area contributed by atoms with Crippen LogP contribution in [0.2, 0.25) is 0 Å². The first kappa shape index (κ1) is 56.0. The summed E-state index contributed by atoms with van der Waals surface area (Å²) in [6.07, 6.45) is 1.47. The second-order valence-corrected chi connectivity index (χ2v) is 15.7. The van der Waals surface area contributed by atoms with E-state index >= 15 is 0 Å². The Bertz CT molecular complexity index is 1510. The number of carboxylic acid groups (broad SMARTS) is 3. The zero-order valence-corrected chi connectivity index (χ0v) is 35.5. The molecular formula is C36H62N6O18S. The van der Waals surface area contributed by atoms with Gasteiger partial charge in [-0.3, -0.25) is 28.8 Å². The monoisotopic (exact) mass is 898 g/mol. The first-order valence-electron chi connectivity index (χ1n) is 19.7. The molecule has 3 unspecified atom stereocenters. The third-order valence-corrected chi connectivity index (χ3v) is 9.08. The van der Waals surface area contributed by atoms with Gasteiger partial charge >= 0.3 is 17.9 Å². The van der Waals surface area contributed by atoms with Crippen LogP contribution in [0.4, 0.5) is 0 Å². The van der Waals surface area contributed by atoms with Crippen molar-refractivity contribution in [2.24, 2.45) is 0 Å². The van der Waals surface area contributed by atoms with Crippen LogP contribution in [0, 0.1) is 0 Å². The molecule has 0 aliphatic carbocycles. The van der Waals surface area contributed by atoms with Gasteiger partial charge in [0.1, 0.15) is 41.2 Å². The maximum absolute atomic E-state index is 12.4. The summed E-state index contributed by atoms with van der Waals surface area (Å²) in [5.41, 5.74) is 0. The highest BCUT2D eigenvalue weighted by molar-refractivity contribution is 7.90. The van der Waals surface area contributed by atoms with E-state index in [1.54, 1.807) is 6.92 Å². The normalized spacial score (nSPS) is 12.6. The predicted octanol–water partition coefficient (Wildman–Crippen LogP) is -2.92. The molecule has 3 atom stereocenters. The molecule has 0 aromatic heterocycles. The van der Waals surface area contributed by atoms with E-state index in [1.807, 2.05) is 0 Å². The molecule has 0 heterocycles. The molecule has 6 amide bonds. The Balaban J connectivity index is 4.22. The van der Waals surface area contributed by atoms with Crippen LogP contribution >= 0.6 is 0 Å². The van der Waals surface area contributed by atoms with Gasteiger partial charge in [0.25, 0.3) is 0 Å². The molecule has 350 valence electrons. The quantitative estimate of drug-likeness (QED) is 0.0280. The molecular weight excluding hydrogens is 836 g/mol. The Kier molecular flexibility index (Phi) is 31.0. The topological polar surface area (TPSA) is 358 Å². The number of nitrogens with one attached hydrogen (secondary N) is 6. The number of carbonyl (C=O) groups excluding carboxylic acids is 6. The molecule has 0 radical (unpaired) electrons. The molecule has 0 bridgehead atoms. The summed E-state index contributed by atoms with van der Waals surface area (Å²) in [5, 5.41) is 42.9. The summed E-state index contributed by atoms with van der Waals surface area (Å²) in [4.78, 5) is 107. The first-order chi connectivity index (χ1) is 28.8. The van der Waals surface area contributed by atoms with Crippen LogP contribution in [0.5, 0.6) is 0 Å². The van der Waals surface area contributed by atoms with E-state index in [1.165, 1.54) is 0 Å². The molecule has 0 aliphatic heterocycles. The van der Waals surface area contributed by atoms with Gasteiger partial charge in [0, 0.05) is 51.6 Å². The zero-order valence-electron chi connectivity index (χ0n) is 34.7. The summed E-state index contributed by atoms with van der Waals surface area (Å²) in [6.45, 7) is 1.63. The lowest BCUT2D eigenvalue weighted by molar-refractivity contribution is -0.144. The van der Waals surface area contributed by atoms with Crippen LogP contribution in [-0.4, -0.2) is 180 Å². The highest BCUT2D eigenvalue weighted by Crippen LogP contribution is 2.04. The lowest BCUT2D eigenvalue weighted by Crippen LogP contribution is -2.45. The number of hydrogen-bond acceptors (Lipinski definition) is 15. The van der Waals surface area contributed by atoms with Crippen molar-refractivity contribution in [1.82, 2.24) is 31.9 Å². The highest BCUT2D eigenvalue weighted by Gasteiger charge is 2.25. The van der Waals surface area contributed by atoms with Crippen molar-refractivity contribution in [1.29, 1.82) is 0 Å². The summed E-state index contributed by atoms with van der Waals surface area (Å²) >= 11 is 0. The molecule has 0 aromatic carbocycles. The van der Waals surface area contributed by atoms with Crippen LogP contribution in [0.1, 0.15) is 71.1 Å². The van der Waals surface area contributed by atoms with Crippen molar-refractivity contribution in [3.8, 4) is 0 Å². The van der Waals surface area contributed by atoms with Gasteiger partial charge in [0.05, 0.1) is 45.4 Å². The van der Waals surface area contributed by atoms with E-state index in [2.05, 4.69) is 31.9 Å². The third-order valence-electron chi connectivity index (χ3n) is 8.05. The Morgan fingerprint density at radius 1 is 0.475 bits per heavy atom. The van der Waals surface area contributed by atoms with Gasteiger partial charge in [0.2, 0.25) is 35.4 Å². The van der Waals surface area contributed by atoms with E-state index < -0.39 is 89.1 Å². The predicted molar refractivity (Wildman–Crippen MR) is 213 cm³/mol. The second kappa shape index (κ2) is 33.7. The number of carboxylic acids is 3. The second-order valence-electron chi connectivity index (χ2n) is 13.4. The lowest BCUT2D eigenvalue weighted by atomic mass is 10.1. The summed E-state index contributed by atoms with van der Waals surface area (Å²) < 4.78 is 43.1. The van der Waals surface area contributed by atoms with Crippen molar-refractivity contribution < 1.29 is 85.8 Å². The first-order valence-corrected chi connectivity index (χ1v) is 21.8. The van der Waals surface area contributed by atoms with Gasteiger partial charge in [0.15, 0.2) is 0 Å². The average Bonchev–Trinajstić information content (AvgIpc) is 3.18. The highest BCUT2D eigenvalue weighted by atomic mass is 32.2. The molecule has 0 saturated carbocycles. The minimum Gasteiger partial charge on any atom is -0.480 e. The fourth-order valence-corrected chi connectivity index (χ4v) is 5.52. The van der Waals surface area contributed by atoms with Crippen LogP contribution in [-0.2, 0) is 71.9 Å². The number of sulfone groups is 1. The largest absolute Gasteiger partial charge is 0.480 e. The molecule has 0 saturated heterocycles. The minimum absolute atomic E-state index is 0.00677. The van der Waals surface area contributed by atoms with Gasteiger partial charge in [-0.15, -0.1) is 0 Å². The minimum atomic E-state index is -3.15. The number of hydrogen-bond donors (Lipinski definition) is 9. The van der Waals surface area contributed by atoms with Gasteiger partial charge in [-0.05, 0) is 38.5 Å². The molecule has 0 aliphatic rings. The fraction of sp³-hybridized carbons (Fsp3) is 0.750. The van der Waals surface area contributed by atoms with Crippen LogP contribution in [0.3, 0.4) is 0 Å². The van der Waals surface area contributed by atoms with Gasteiger partial charge < -0.3 is 66.2 Å². The summed E-state index contributed by atoms with van der Waals surface area (Å²) in [7, 11) is -3.15. The van der Waals surface area contributed by atoms with Crippen LogP contribution in [0.15, 0.2) is 0 Å². The van der Waals surface area contributed by atoms with Crippen LogP contribution < -0.4 is 31.9 Å². The Labute approximate surface area is 354 Å². The molecule has 25 heteroatoms. The van der Waals surface area contributed by atoms with Crippen LogP contribution in [0.25, 0.3) is 0 Å². The molecule has 0 rings (SSSR count). The van der Waals surface area contributed by atoms with E-state index in [9.17, 15) is 66.9 Å². The molecule has 24 nitrogen and oxygen atoms in total. The number of unbranched alkanes of at least 4 members (excludes halogenated alkanes) is 1. The smallest absolute Gasteiger partial charge is 0.326 e. The Morgan fingerprint density at radius 2 is 0.885 bits per heavy atom. The molecule has 0 fully saturated rings. The SMILES string of the molecule is CCC(=O)NCCCCC(NC(=O)COCCOCCNC(=O)CCC(NC(=O)CCC(NC(=O)COCCOCCNC(=O)CCCS(C)(=O)=O)C(=O)O)C(=O)O)C(=O)O. The van der Waals surface area contributed by atoms with Crippen molar-refractivity contribution >= 4 is 63.2 Å². The maximum Gasteiger partial charge on any atom is 0.326 e. The van der Waals surface area contributed by atoms with E-state index in [0.29, 0.717) is 25.8 Å². The van der Waals surface area contributed by atoms with Crippen molar-refractivity contribution in [2.45, 2.75) is 89.3 Å². The standard InChI is InChI=1S/C36H62N6O18S/c1-3-28(43)37-13-5-4-7-25(34(49)50)41-32(47)23-59-20-19-58-17-15-39-30(45)11-9-26(35(51)52)40-31(46)12-10-27(36(53)54)42-33(48)24-60-21-18-57-16-14-38-29(44)8-6-22-61(2,55)56/h25-27H,3-24H2,1-2H3,(H,37,43)(H,38,44)(H,39,45)(H,40,46)(H,41,47)(H,42,48)(H,49,50)(H,51,52)(H,53,54). The summed E-state index contributed by atoms with van der Waals surface area (Å²) in [6, 6.07) is -4.07. The van der Waals surface area contributed by atoms with Crippen molar-refractivity contribution in [2.75, 3.05) is 84.5 Å². The molecule has 9 N–H and O–H groups in total.